The minimum atomic E-state index is -5.09. The minimum Gasteiger partial charge on any atom is -0.373 e. The van der Waals surface area contributed by atoms with E-state index in [1.807, 2.05) is 19.1 Å². The maximum atomic E-state index is 14.3. The lowest BCUT2D eigenvalue weighted by molar-refractivity contribution is -0.142. The van der Waals surface area contributed by atoms with Crippen molar-refractivity contribution in [3.63, 3.8) is 0 Å². The molecule has 1 nitrogen and oxygen atoms in total. The molecule has 2 aromatic rings. The van der Waals surface area contributed by atoms with Crippen molar-refractivity contribution < 1.29 is 35.5 Å². The van der Waals surface area contributed by atoms with Gasteiger partial charge in [0.15, 0.2) is 11.7 Å². The van der Waals surface area contributed by atoms with Crippen LogP contribution < -0.4 is 0 Å². The Morgan fingerprint density at radius 1 is 0.884 bits per heavy atom. The summed E-state index contributed by atoms with van der Waals surface area (Å²) in [5.74, 6) is -3.68. The number of aryl methyl sites for hydroxylation is 1. The van der Waals surface area contributed by atoms with Gasteiger partial charge in [-0.3, -0.25) is 0 Å². The van der Waals surface area contributed by atoms with Crippen LogP contribution in [0.3, 0.4) is 0 Å². The van der Waals surface area contributed by atoms with Crippen LogP contribution in [-0.4, -0.2) is 6.61 Å². The van der Waals surface area contributed by atoms with E-state index < -0.39 is 41.1 Å². The predicted octanol–water partition coefficient (Wildman–Crippen LogP) is 11.4. The smallest absolute Gasteiger partial charge is 0.373 e. The highest BCUT2D eigenvalue weighted by Gasteiger charge is 2.38. The molecule has 0 N–H and O–H groups in total. The number of hydrogen-bond acceptors (Lipinski definition) is 1. The zero-order valence-electron chi connectivity index (χ0n) is 24.4. The van der Waals surface area contributed by atoms with Gasteiger partial charge in [-0.05, 0) is 99.0 Å². The summed E-state index contributed by atoms with van der Waals surface area (Å²) < 4.78 is 101. The molecule has 0 aromatic heterocycles. The molecule has 0 spiro atoms. The molecular formula is C35H39F7O. The van der Waals surface area contributed by atoms with Crippen LogP contribution in [0, 0.1) is 29.4 Å². The van der Waals surface area contributed by atoms with Crippen molar-refractivity contribution in [2.45, 2.75) is 83.4 Å². The van der Waals surface area contributed by atoms with Crippen LogP contribution in [0.15, 0.2) is 66.5 Å². The Morgan fingerprint density at radius 2 is 1.51 bits per heavy atom. The fraction of sp³-hybridized carbons (Fsp3) is 0.486. The van der Waals surface area contributed by atoms with E-state index in [4.69, 9.17) is 4.74 Å². The summed E-state index contributed by atoms with van der Waals surface area (Å²) in [6.07, 6.45) is 10.6. The van der Waals surface area contributed by atoms with Crippen molar-refractivity contribution in [1.29, 1.82) is 0 Å². The standard InChI is InChI=1S/C35H39F7O/c1-2-3-4-5-29(36)34(39)27-17-14-25(15-18-27)11-10-23-6-8-24(9-7-23)12-13-26-16-19-32(43-22-26)28-20-30(37)33(31(38)21-28)35(40,41)42/h4-5,12-15,17-18,20-21,23-24,26,32H,2-3,6-11,16,19,22H2,1H3/b5-4+,13-12+,34-29+. The number of benzene rings is 2. The molecule has 1 heterocycles. The highest BCUT2D eigenvalue weighted by atomic mass is 19.4. The van der Waals surface area contributed by atoms with Gasteiger partial charge in [-0.1, -0.05) is 55.8 Å². The van der Waals surface area contributed by atoms with Crippen LogP contribution >= 0.6 is 0 Å². The molecule has 1 saturated carbocycles. The summed E-state index contributed by atoms with van der Waals surface area (Å²) in [6, 6.07) is 8.47. The molecule has 0 amide bonds. The lowest BCUT2D eigenvalue weighted by Gasteiger charge is -2.29. The highest BCUT2D eigenvalue weighted by Crippen LogP contribution is 2.38. The Bertz CT molecular complexity index is 1250. The molecule has 1 aliphatic carbocycles. The van der Waals surface area contributed by atoms with Gasteiger partial charge in [-0.2, -0.15) is 13.2 Å². The SMILES string of the molecule is CCC/C=C/C(F)=C(\F)c1ccc(CCC2CCC(/C=C/C3CCC(c4cc(F)c(C(F)(F)F)c(F)c4)OC3)CC2)cc1. The molecule has 2 atom stereocenters. The van der Waals surface area contributed by atoms with Gasteiger partial charge in [0.25, 0.3) is 0 Å². The maximum Gasteiger partial charge on any atom is 0.422 e. The second-order valence-electron chi connectivity index (χ2n) is 11.8. The van der Waals surface area contributed by atoms with Crippen molar-refractivity contribution >= 4 is 5.83 Å². The first kappa shape index (κ1) is 33.0. The van der Waals surface area contributed by atoms with Gasteiger partial charge >= 0.3 is 6.18 Å². The average Bonchev–Trinajstić information content (AvgIpc) is 2.98. The molecular weight excluding hydrogens is 569 g/mol. The molecule has 0 radical (unpaired) electrons. The summed E-state index contributed by atoms with van der Waals surface area (Å²) >= 11 is 0. The molecule has 8 heteroatoms. The molecule has 2 fully saturated rings. The molecule has 1 saturated heterocycles. The predicted molar refractivity (Wildman–Crippen MR) is 155 cm³/mol. The van der Waals surface area contributed by atoms with Gasteiger partial charge in [0.2, 0.25) is 0 Å². The first-order valence-corrected chi connectivity index (χ1v) is 15.2. The average molecular weight is 609 g/mol. The quantitative estimate of drug-likeness (QED) is 0.148. The minimum absolute atomic E-state index is 0.0906. The van der Waals surface area contributed by atoms with Crippen LogP contribution in [0.2, 0.25) is 0 Å². The van der Waals surface area contributed by atoms with E-state index in [1.54, 1.807) is 18.2 Å². The van der Waals surface area contributed by atoms with Crippen molar-refractivity contribution in [2.75, 3.05) is 6.61 Å². The van der Waals surface area contributed by atoms with Crippen LogP contribution in [0.1, 0.15) is 93.1 Å². The van der Waals surface area contributed by atoms with E-state index >= 15 is 0 Å². The summed E-state index contributed by atoms with van der Waals surface area (Å²) in [6.45, 7) is 2.33. The third-order valence-electron chi connectivity index (χ3n) is 8.56. The molecule has 2 aliphatic rings. The van der Waals surface area contributed by atoms with Gasteiger partial charge < -0.3 is 4.74 Å². The molecule has 2 aromatic carbocycles. The number of ether oxygens (including phenoxy) is 1. The van der Waals surface area contributed by atoms with Crippen molar-refractivity contribution in [1.82, 2.24) is 0 Å². The zero-order valence-corrected chi connectivity index (χ0v) is 24.4. The number of unbranched alkanes of at least 4 members (excludes halogenated alkanes) is 1. The molecule has 1 aliphatic heterocycles. The molecule has 43 heavy (non-hydrogen) atoms. The first-order valence-electron chi connectivity index (χ1n) is 15.2. The van der Waals surface area contributed by atoms with Crippen molar-refractivity contribution in [3.8, 4) is 0 Å². The van der Waals surface area contributed by atoms with E-state index in [0.717, 1.165) is 69.1 Å². The van der Waals surface area contributed by atoms with E-state index in [-0.39, 0.29) is 17.0 Å². The largest absolute Gasteiger partial charge is 0.422 e. The molecule has 4 rings (SSSR count). The Kier molecular flexibility index (Phi) is 11.7. The fourth-order valence-electron chi connectivity index (χ4n) is 5.97. The van der Waals surface area contributed by atoms with Gasteiger partial charge in [0, 0.05) is 11.5 Å². The summed E-state index contributed by atoms with van der Waals surface area (Å²) in [5.41, 5.74) is -0.424. The highest BCUT2D eigenvalue weighted by molar-refractivity contribution is 5.63. The molecule has 0 bridgehead atoms. The number of rotatable bonds is 10. The van der Waals surface area contributed by atoms with E-state index in [1.165, 1.54) is 6.08 Å². The first-order chi connectivity index (χ1) is 20.5. The van der Waals surface area contributed by atoms with Gasteiger partial charge in [0.1, 0.15) is 17.2 Å². The Labute approximate surface area is 249 Å². The van der Waals surface area contributed by atoms with Crippen LogP contribution in [0.5, 0.6) is 0 Å². The topological polar surface area (TPSA) is 9.23 Å². The van der Waals surface area contributed by atoms with Crippen LogP contribution in [0.4, 0.5) is 30.7 Å². The third kappa shape index (κ3) is 9.31. The lowest BCUT2D eigenvalue weighted by Crippen LogP contribution is -2.21. The third-order valence-corrected chi connectivity index (χ3v) is 8.56. The Morgan fingerprint density at radius 3 is 2.09 bits per heavy atom. The molecule has 234 valence electrons. The second kappa shape index (κ2) is 15.2. The summed E-state index contributed by atoms with van der Waals surface area (Å²) in [5, 5.41) is 0. The van der Waals surface area contributed by atoms with Crippen molar-refractivity contribution in [3.05, 3.63) is 100 Å². The van der Waals surface area contributed by atoms with Gasteiger partial charge in [-0.15, -0.1) is 0 Å². The normalized spacial score (nSPS) is 24.1. The summed E-state index contributed by atoms with van der Waals surface area (Å²) in [4.78, 5) is 0. The number of alkyl halides is 3. The zero-order chi connectivity index (χ0) is 31.0. The van der Waals surface area contributed by atoms with Gasteiger partial charge in [0.05, 0.1) is 12.7 Å². The lowest BCUT2D eigenvalue weighted by atomic mass is 9.79. The van der Waals surface area contributed by atoms with Gasteiger partial charge in [-0.25, -0.2) is 17.6 Å². The number of hydrogen-bond donors (Lipinski definition) is 0. The van der Waals surface area contributed by atoms with E-state index in [0.29, 0.717) is 31.3 Å². The van der Waals surface area contributed by atoms with E-state index in [9.17, 15) is 30.7 Å². The fourth-order valence-corrected chi connectivity index (χ4v) is 5.97. The van der Waals surface area contributed by atoms with Crippen LogP contribution in [0.25, 0.3) is 5.83 Å². The number of halogens is 7. The van der Waals surface area contributed by atoms with E-state index in [2.05, 4.69) is 12.2 Å². The monoisotopic (exact) mass is 608 g/mol. The van der Waals surface area contributed by atoms with Crippen LogP contribution in [-0.2, 0) is 17.3 Å². The molecule has 2 unspecified atom stereocenters. The summed E-state index contributed by atoms with van der Waals surface area (Å²) in [7, 11) is 0. The number of allylic oxidation sites excluding steroid dienone is 4. The Balaban J connectivity index is 1.18. The second-order valence-corrected chi connectivity index (χ2v) is 11.8. The Hall–Kier alpha value is -2.87. The van der Waals surface area contributed by atoms with Crippen molar-refractivity contribution in [2.24, 2.45) is 17.8 Å². The maximum absolute atomic E-state index is 14.3.